The van der Waals surface area contributed by atoms with Crippen LogP contribution in [0.25, 0.3) is 0 Å². The molecule has 0 aliphatic carbocycles. The fourth-order valence-electron chi connectivity index (χ4n) is 14.5. The standard InChI is InChI=1S/C91H169N3O7/c1-7-13-19-25-29-31-33-35-37-39-41-43-45-47-51-61-73-86(74-62-52-48-46-44-42-40-38-36-34-32-30-26-20-14-8-2)101-88(95)83-87(89(96)92-75-80-93-76-65-66-77-93)94(78-63-53-55-67-81-99-90(97)84(69-57-23-17-11-5)71-59-49-27-21-15-9-3)79-64-54-56-68-82-100-91(98)85(70-58-24-18-12-6)72-60-50-28-22-16-10-4/h29-32,35-38,84-87H,7-28,33-34,39-83H2,1-6H3,(H,92,96)/b31-29+,32-30+,37-35+,38-36+. The third kappa shape index (κ3) is 62.7. The minimum Gasteiger partial charge on any atom is -0.465 e. The van der Waals surface area contributed by atoms with Gasteiger partial charge >= 0.3 is 17.9 Å². The second kappa shape index (κ2) is 76.4. The second-order valence-electron chi connectivity index (χ2n) is 30.8. The minimum absolute atomic E-state index is 0.000603. The quantitative estimate of drug-likeness (QED) is 0.0275. The topological polar surface area (TPSA) is 114 Å². The first-order valence-corrected chi connectivity index (χ1v) is 44.6. The van der Waals surface area contributed by atoms with Gasteiger partial charge in [0.05, 0.1) is 37.5 Å². The van der Waals surface area contributed by atoms with Crippen molar-refractivity contribution in [3.05, 3.63) is 48.6 Å². The Morgan fingerprint density at radius 3 is 1.06 bits per heavy atom. The monoisotopic (exact) mass is 1420 g/mol. The van der Waals surface area contributed by atoms with Crippen LogP contribution in [0.2, 0.25) is 0 Å². The Hall–Kier alpha value is -3.24. The molecule has 0 aromatic carbocycles. The molecule has 3 atom stereocenters. The molecule has 590 valence electrons. The first-order valence-electron chi connectivity index (χ1n) is 44.6. The maximum Gasteiger partial charge on any atom is 0.308 e. The third-order valence-electron chi connectivity index (χ3n) is 21.2. The highest BCUT2D eigenvalue weighted by molar-refractivity contribution is 5.86. The molecule has 101 heavy (non-hydrogen) atoms. The average molecular weight is 1420 g/mol. The molecule has 1 heterocycles. The van der Waals surface area contributed by atoms with Gasteiger partial charge in [-0.2, -0.15) is 0 Å². The molecule has 0 saturated carbocycles. The molecule has 1 fully saturated rings. The summed E-state index contributed by atoms with van der Waals surface area (Å²) in [6, 6.07) is -0.630. The van der Waals surface area contributed by atoms with Crippen molar-refractivity contribution in [2.24, 2.45) is 11.8 Å². The van der Waals surface area contributed by atoms with E-state index in [0.717, 1.165) is 187 Å². The van der Waals surface area contributed by atoms with Crippen LogP contribution in [0.5, 0.6) is 0 Å². The Labute approximate surface area is 627 Å². The predicted octanol–water partition coefficient (Wildman–Crippen LogP) is 26.5. The number of carbonyl (C=O) groups excluding carboxylic acids is 4. The average Bonchev–Trinajstić information content (AvgIpc) is 1.08. The SMILES string of the molecule is CCCCC/C=C/C/C=C/CCCCCCCCC(CCCCCCCC/C=C/C/C=C/CCCCC)OC(=O)CC(C(=O)NCCN1CCCC1)N(CCCCCCOC(=O)C(CCCCCC)CCCCCCCC)CCCCCCOC(=O)C(CCCCCC)CCCCCCCC. The van der Waals surface area contributed by atoms with Crippen molar-refractivity contribution >= 4 is 23.8 Å². The van der Waals surface area contributed by atoms with Crippen LogP contribution in [0.3, 0.4) is 0 Å². The van der Waals surface area contributed by atoms with Gasteiger partial charge in [-0.25, -0.2) is 0 Å². The highest BCUT2D eigenvalue weighted by Gasteiger charge is 2.30. The summed E-state index contributed by atoms with van der Waals surface area (Å²) in [6.07, 6.45) is 86.7. The molecular weight excluding hydrogens is 1250 g/mol. The van der Waals surface area contributed by atoms with Gasteiger partial charge in [0.2, 0.25) is 5.91 Å². The number of carbonyl (C=O) groups is 4. The summed E-state index contributed by atoms with van der Waals surface area (Å²) in [5, 5.41) is 3.34. The molecule has 1 amide bonds. The molecule has 0 radical (unpaired) electrons. The summed E-state index contributed by atoms with van der Waals surface area (Å²) in [7, 11) is 0. The third-order valence-corrected chi connectivity index (χ3v) is 21.2. The number of likely N-dealkylation sites (tertiary alicyclic amines) is 1. The van der Waals surface area contributed by atoms with Crippen LogP contribution < -0.4 is 5.32 Å². The Morgan fingerprint density at radius 1 is 0.366 bits per heavy atom. The van der Waals surface area contributed by atoms with Crippen LogP contribution in [0, 0.1) is 11.8 Å². The fraction of sp³-hybridized carbons (Fsp3) is 0.868. The fourth-order valence-corrected chi connectivity index (χ4v) is 14.5. The summed E-state index contributed by atoms with van der Waals surface area (Å²) >= 11 is 0. The lowest BCUT2D eigenvalue weighted by molar-refractivity contribution is -0.153. The van der Waals surface area contributed by atoms with Gasteiger partial charge in [-0.1, -0.05) is 321 Å². The van der Waals surface area contributed by atoms with Gasteiger partial charge in [0.25, 0.3) is 0 Å². The number of nitrogens with zero attached hydrogens (tertiary/aromatic N) is 2. The van der Waals surface area contributed by atoms with Crippen LogP contribution in [0.15, 0.2) is 48.6 Å². The summed E-state index contributed by atoms with van der Waals surface area (Å²) in [5.74, 6) is -0.303. The van der Waals surface area contributed by atoms with Crippen molar-refractivity contribution in [1.29, 1.82) is 0 Å². The largest absolute Gasteiger partial charge is 0.465 e. The number of esters is 3. The Bertz CT molecular complexity index is 1820. The van der Waals surface area contributed by atoms with Crippen LogP contribution in [-0.4, -0.2) is 98.2 Å². The number of nitrogens with one attached hydrogen (secondary N) is 1. The molecule has 1 N–H and O–H groups in total. The molecule has 10 heteroatoms. The van der Waals surface area contributed by atoms with Crippen molar-refractivity contribution in [3.8, 4) is 0 Å². The Balaban J connectivity index is 3.26. The van der Waals surface area contributed by atoms with Gasteiger partial charge in [0.1, 0.15) is 6.10 Å². The summed E-state index contributed by atoms with van der Waals surface area (Å²) in [5.41, 5.74) is 0. The molecule has 1 aliphatic heterocycles. The second-order valence-corrected chi connectivity index (χ2v) is 30.8. The maximum absolute atomic E-state index is 14.8. The van der Waals surface area contributed by atoms with E-state index < -0.39 is 6.04 Å². The van der Waals surface area contributed by atoms with E-state index in [2.05, 4.69) is 105 Å². The zero-order chi connectivity index (χ0) is 73.0. The van der Waals surface area contributed by atoms with E-state index in [0.29, 0.717) is 32.8 Å². The number of rotatable bonds is 78. The van der Waals surface area contributed by atoms with Crippen molar-refractivity contribution in [2.75, 3.05) is 52.5 Å². The number of hydrogen-bond acceptors (Lipinski definition) is 9. The zero-order valence-electron chi connectivity index (χ0n) is 68.0. The van der Waals surface area contributed by atoms with E-state index in [4.69, 9.17) is 14.2 Å². The van der Waals surface area contributed by atoms with Gasteiger partial charge in [-0.3, -0.25) is 24.1 Å². The normalized spacial score (nSPS) is 13.9. The highest BCUT2D eigenvalue weighted by Crippen LogP contribution is 2.25. The highest BCUT2D eigenvalue weighted by atomic mass is 16.5. The van der Waals surface area contributed by atoms with Gasteiger partial charge in [0, 0.05) is 13.1 Å². The van der Waals surface area contributed by atoms with Gasteiger partial charge in [-0.15, -0.1) is 0 Å². The number of unbranched alkanes of at least 4 members (excludes halogenated alkanes) is 40. The molecule has 1 rings (SSSR count). The van der Waals surface area contributed by atoms with Crippen molar-refractivity contribution < 1.29 is 33.4 Å². The molecular formula is C91H169N3O7. The van der Waals surface area contributed by atoms with Crippen LogP contribution in [-0.2, 0) is 33.4 Å². The number of amides is 1. The number of allylic oxidation sites excluding steroid dienone is 8. The minimum atomic E-state index is -0.630. The lowest BCUT2D eigenvalue weighted by Gasteiger charge is -2.31. The van der Waals surface area contributed by atoms with Crippen molar-refractivity contribution in [1.82, 2.24) is 15.1 Å². The van der Waals surface area contributed by atoms with E-state index in [1.807, 2.05) is 0 Å². The lowest BCUT2D eigenvalue weighted by atomic mass is 9.94. The van der Waals surface area contributed by atoms with Crippen molar-refractivity contribution in [3.63, 3.8) is 0 Å². The van der Waals surface area contributed by atoms with E-state index in [1.165, 1.54) is 218 Å². The first-order chi connectivity index (χ1) is 49.7. The van der Waals surface area contributed by atoms with Gasteiger partial charge in [-0.05, 0) is 180 Å². The Kier molecular flexibility index (Phi) is 72.5. The molecule has 10 nitrogen and oxygen atoms in total. The number of ether oxygens (including phenoxy) is 3. The summed E-state index contributed by atoms with van der Waals surface area (Å²) in [4.78, 5) is 61.3. The molecule has 0 aromatic rings. The Morgan fingerprint density at radius 2 is 0.673 bits per heavy atom. The zero-order valence-corrected chi connectivity index (χ0v) is 68.0. The number of hydrogen-bond donors (Lipinski definition) is 1. The van der Waals surface area contributed by atoms with Crippen LogP contribution in [0.4, 0.5) is 0 Å². The molecule has 0 aromatic heterocycles. The maximum atomic E-state index is 14.8. The predicted molar refractivity (Wildman–Crippen MR) is 436 cm³/mol. The van der Waals surface area contributed by atoms with E-state index in [1.54, 1.807) is 0 Å². The van der Waals surface area contributed by atoms with Gasteiger partial charge < -0.3 is 24.4 Å². The summed E-state index contributed by atoms with van der Waals surface area (Å²) in [6.45, 7) is 19.4. The van der Waals surface area contributed by atoms with Crippen LogP contribution in [0.1, 0.15) is 433 Å². The van der Waals surface area contributed by atoms with Crippen molar-refractivity contribution in [2.45, 2.75) is 445 Å². The van der Waals surface area contributed by atoms with Gasteiger partial charge in [0.15, 0.2) is 0 Å². The van der Waals surface area contributed by atoms with E-state index >= 15 is 0 Å². The van der Waals surface area contributed by atoms with Crippen LogP contribution >= 0.6 is 0 Å². The van der Waals surface area contributed by atoms with E-state index in [-0.39, 0.29) is 48.2 Å². The molecule has 1 aliphatic rings. The lowest BCUT2D eigenvalue weighted by Crippen LogP contribution is -2.50. The first kappa shape index (κ1) is 95.8. The van der Waals surface area contributed by atoms with E-state index in [9.17, 15) is 19.2 Å². The molecule has 1 saturated heterocycles. The molecule has 3 unspecified atom stereocenters. The smallest absolute Gasteiger partial charge is 0.308 e. The molecule has 0 bridgehead atoms. The summed E-state index contributed by atoms with van der Waals surface area (Å²) < 4.78 is 18.7. The molecule has 0 spiro atoms.